The number of fused-ring (bicyclic) bond motifs is 1. The maximum absolute atomic E-state index is 13.2. The van der Waals surface area contributed by atoms with Crippen LogP contribution in [0.5, 0.6) is 0 Å². The van der Waals surface area contributed by atoms with Crippen LogP contribution in [-0.2, 0) is 23.8 Å². The summed E-state index contributed by atoms with van der Waals surface area (Å²) >= 11 is 0. The lowest BCUT2D eigenvalue weighted by atomic mass is 9.85. The number of Topliss-reactive ketones (excluding diaryl/α,β-unsaturated/α-hetero) is 1. The number of morpholine rings is 1. The quantitative estimate of drug-likeness (QED) is 0.746. The lowest BCUT2D eigenvalue weighted by Crippen LogP contribution is -2.59. The molecule has 0 radical (unpaired) electrons. The van der Waals surface area contributed by atoms with Gasteiger partial charge in [-0.15, -0.1) is 0 Å². The average molecular weight is 408 g/mol. The molecule has 2 aliphatic carbocycles. The van der Waals surface area contributed by atoms with Crippen LogP contribution >= 0.6 is 0 Å². The molecular weight excluding hydrogens is 376 g/mol. The Labute approximate surface area is 171 Å². The highest BCUT2D eigenvalue weighted by Gasteiger charge is 2.55. The third-order valence-electron chi connectivity index (χ3n) is 6.92. The van der Waals surface area contributed by atoms with Gasteiger partial charge in [0.2, 0.25) is 0 Å². The second kappa shape index (κ2) is 9.00. The number of rotatable bonds is 5. The van der Waals surface area contributed by atoms with Gasteiger partial charge in [-0.3, -0.25) is 9.59 Å². The number of carbonyl (C=O) groups excluding carboxylic acids is 3. The van der Waals surface area contributed by atoms with E-state index < -0.39 is 17.7 Å². The minimum Gasteiger partial charge on any atom is -0.436 e. The first-order valence-corrected chi connectivity index (χ1v) is 11.1. The monoisotopic (exact) mass is 408 g/mol. The summed E-state index contributed by atoms with van der Waals surface area (Å²) in [4.78, 5) is 40.0. The Kier molecular flexibility index (Phi) is 6.39. The molecule has 0 aromatic carbocycles. The smallest absolute Gasteiger partial charge is 0.410 e. The van der Waals surface area contributed by atoms with E-state index in [1.165, 1.54) is 6.42 Å². The van der Waals surface area contributed by atoms with Crippen LogP contribution in [0.4, 0.5) is 4.79 Å². The fourth-order valence-electron chi connectivity index (χ4n) is 5.21. The van der Waals surface area contributed by atoms with Crippen LogP contribution in [0.15, 0.2) is 0 Å². The fraction of sp³-hybridized carbons (Fsp3) is 0.857. The Bertz CT molecular complexity index is 629. The Morgan fingerprint density at radius 2 is 1.90 bits per heavy atom. The van der Waals surface area contributed by atoms with Crippen molar-refractivity contribution >= 4 is 17.8 Å². The van der Waals surface area contributed by atoms with Crippen LogP contribution < -0.4 is 5.32 Å². The zero-order chi connectivity index (χ0) is 20.3. The predicted octanol–water partition coefficient (Wildman–Crippen LogP) is 1.80. The third-order valence-corrected chi connectivity index (χ3v) is 6.92. The summed E-state index contributed by atoms with van der Waals surface area (Å²) in [6.45, 7) is 1.94. The Balaban J connectivity index is 1.45. The number of hydrogen-bond acceptors (Lipinski definition) is 6. The van der Waals surface area contributed by atoms with E-state index in [2.05, 4.69) is 5.32 Å². The molecule has 0 bridgehead atoms. The molecule has 3 atom stereocenters. The summed E-state index contributed by atoms with van der Waals surface area (Å²) in [5.41, 5.74) is -0.937. The van der Waals surface area contributed by atoms with Gasteiger partial charge in [-0.25, -0.2) is 4.79 Å². The van der Waals surface area contributed by atoms with Crippen molar-refractivity contribution in [3.8, 4) is 0 Å². The highest BCUT2D eigenvalue weighted by Crippen LogP contribution is 2.38. The predicted molar refractivity (Wildman–Crippen MR) is 103 cm³/mol. The van der Waals surface area contributed by atoms with Gasteiger partial charge in [-0.1, -0.05) is 32.1 Å². The largest absolute Gasteiger partial charge is 0.436 e. The van der Waals surface area contributed by atoms with Gasteiger partial charge in [0.15, 0.2) is 11.9 Å². The number of amides is 2. The molecule has 29 heavy (non-hydrogen) atoms. The molecule has 1 N–H and O–H groups in total. The van der Waals surface area contributed by atoms with Crippen molar-refractivity contribution < 1.29 is 28.6 Å². The minimum absolute atomic E-state index is 0.0474. The zero-order valence-electron chi connectivity index (χ0n) is 17.0. The summed E-state index contributed by atoms with van der Waals surface area (Å²) in [6, 6.07) is 0. The van der Waals surface area contributed by atoms with Crippen LogP contribution in [-0.4, -0.2) is 73.3 Å². The molecule has 4 rings (SSSR count). The third kappa shape index (κ3) is 4.43. The van der Waals surface area contributed by atoms with E-state index in [1.54, 1.807) is 4.90 Å². The molecular formula is C21H32N2O6. The van der Waals surface area contributed by atoms with E-state index in [9.17, 15) is 14.4 Å². The fourth-order valence-corrected chi connectivity index (χ4v) is 5.21. The topological polar surface area (TPSA) is 94.2 Å². The van der Waals surface area contributed by atoms with Crippen molar-refractivity contribution in [3.63, 3.8) is 0 Å². The maximum Gasteiger partial charge on any atom is 0.410 e. The molecule has 2 saturated carbocycles. The SMILES string of the molecule is O=C(NC12CCCC1OCC2=O)C(CC1CCCCC1)OC(=O)N1CCOCC1. The van der Waals surface area contributed by atoms with Gasteiger partial charge in [0.1, 0.15) is 12.1 Å². The number of ether oxygens (including phenoxy) is 3. The highest BCUT2D eigenvalue weighted by atomic mass is 16.6. The lowest BCUT2D eigenvalue weighted by molar-refractivity contribution is -0.137. The normalized spacial score (nSPS) is 31.4. The standard InChI is InChI=1S/C21H32N2O6/c24-17-14-28-18-7-4-8-21(17,18)22-19(25)16(13-15-5-2-1-3-6-15)29-20(26)23-9-11-27-12-10-23/h15-16,18H,1-14H2,(H,22,25). The second-order valence-corrected chi connectivity index (χ2v) is 8.79. The van der Waals surface area contributed by atoms with Crippen molar-refractivity contribution in [2.45, 2.75) is 75.5 Å². The van der Waals surface area contributed by atoms with Crippen LogP contribution in [0.1, 0.15) is 57.8 Å². The van der Waals surface area contributed by atoms with Crippen LogP contribution in [0.25, 0.3) is 0 Å². The van der Waals surface area contributed by atoms with Gasteiger partial charge in [-0.2, -0.15) is 0 Å². The minimum atomic E-state index is -0.937. The van der Waals surface area contributed by atoms with Gasteiger partial charge >= 0.3 is 6.09 Å². The molecule has 2 saturated heterocycles. The zero-order valence-corrected chi connectivity index (χ0v) is 17.0. The van der Waals surface area contributed by atoms with Crippen molar-refractivity contribution in [2.75, 3.05) is 32.9 Å². The van der Waals surface area contributed by atoms with Crippen molar-refractivity contribution in [3.05, 3.63) is 0 Å². The van der Waals surface area contributed by atoms with Crippen LogP contribution in [0.2, 0.25) is 0 Å². The van der Waals surface area contributed by atoms with E-state index in [4.69, 9.17) is 14.2 Å². The molecule has 162 valence electrons. The number of ketones is 1. The molecule has 0 spiro atoms. The first kappa shape index (κ1) is 20.6. The van der Waals surface area contributed by atoms with Gasteiger partial charge in [0.25, 0.3) is 5.91 Å². The molecule has 8 nitrogen and oxygen atoms in total. The van der Waals surface area contributed by atoms with Gasteiger partial charge in [-0.05, 0) is 31.6 Å². The van der Waals surface area contributed by atoms with Crippen molar-refractivity contribution in [1.82, 2.24) is 10.2 Å². The van der Waals surface area contributed by atoms with Gasteiger partial charge in [0, 0.05) is 13.1 Å². The Morgan fingerprint density at radius 3 is 2.66 bits per heavy atom. The Morgan fingerprint density at radius 1 is 1.14 bits per heavy atom. The second-order valence-electron chi connectivity index (χ2n) is 8.79. The maximum atomic E-state index is 13.2. The number of nitrogens with zero attached hydrogens (tertiary/aromatic N) is 1. The van der Waals surface area contributed by atoms with Crippen molar-refractivity contribution in [1.29, 1.82) is 0 Å². The summed E-state index contributed by atoms with van der Waals surface area (Å²) in [5.74, 6) is -0.0587. The average Bonchev–Trinajstić information content (AvgIpc) is 3.28. The molecule has 2 amide bonds. The highest BCUT2D eigenvalue weighted by molar-refractivity contribution is 5.97. The Hall–Kier alpha value is -1.67. The summed E-state index contributed by atoms with van der Waals surface area (Å²) in [6.07, 6.45) is 6.72. The summed E-state index contributed by atoms with van der Waals surface area (Å²) < 4.78 is 16.6. The van der Waals surface area contributed by atoms with E-state index >= 15 is 0 Å². The van der Waals surface area contributed by atoms with Gasteiger partial charge < -0.3 is 24.4 Å². The van der Waals surface area contributed by atoms with E-state index in [0.717, 1.165) is 38.5 Å². The molecule has 0 aromatic rings. The molecule has 4 aliphatic rings. The summed E-state index contributed by atoms with van der Waals surface area (Å²) in [7, 11) is 0. The molecule has 3 unspecified atom stereocenters. The summed E-state index contributed by atoms with van der Waals surface area (Å²) in [5, 5.41) is 2.97. The lowest BCUT2D eigenvalue weighted by Gasteiger charge is -2.33. The number of nitrogens with one attached hydrogen (secondary N) is 1. The van der Waals surface area contributed by atoms with Gasteiger partial charge in [0.05, 0.1) is 19.3 Å². The molecule has 0 aromatic heterocycles. The van der Waals surface area contributed by atoms with E-state index in [0.29, 0.717) is 45.1 Å². The van der Waals surface area contributed by atoms with E-state index in [-0.39, 0.29) is 24.4 Å². The number of hydrogen-bond donors (Lipinski definition) is 1. The molecule has 2 aliphatic heterocycles. The van der Waals surface area contributed by atoms with Crippen LogP contribution in [0.3, 0.4) is 0 Å². The molecule has 8 heteroatoms. The first-order valence-electron chi connectivity index (χ1n) is 11.1. The van der Waals surface area contributed by atoms with Crippen molar-refractivity contribution in [2.24, 2.45) is 5.92 Å². The molecule has 2 heterocycles. The molecule has 4 fully saturated rings. The number of carbonyl (C=O) groups is 3. The first-order chi connectivity index (χ1) is 14.1. The van der Waals surface area contributed by atoms with E-state index in [1.807, 2.05) is 0 Å². The van der Waals surface area contributed by atoms with Crippen LogP contribution in [0, 0.1) is 5.92 Å².